The molecule has 3 amide bonds. The van der Waals surface area contributed by atoms with Crippen LogP contribution in [0, 0.1) is 13.8 Å². The van der Waals surface area contributed by atoms with E-state index in [9.17, 15) is 14.4 Å². The van der Waals surface area contributed by atoms with Gasteiger partial charge in [-0.1, -0.05) is 48.0 Å². The monoisotopic (exact) mass is 545 g/mol. The Labute approximate surface area is 229 Å². The van der Waals surface area contributed by atoms with E-state index in [1.54, 1.807) is 31.7 Å². The van der Waals surface area contributed by atoms with Crippen molar-refractivity contribution in [3.8, 4) is 0 Å². The molecule has 2 aromatic rings. The number of para-hydroxylation sites is 1. The average molecular weight is 546 g/mol. The molecule has 1 fully saturated rings. The van der Waals surface area contributed by atoms with Crippen LogP contribution in [0.15, 0.2) is 42.5 Å². The summed E-state index contributed by atoms with van der Waals surface area (Å²) in [6.07, 6.45) is 1.76. The number of anilines is 1. The summed E-state index contributed by atoms with van der Waals surface area (Å²) in [5.74, 6) is -0.710. The van der Waals surface area contributed by atoms with Crippen LogP contribution in [-0.4, -0.2) is 46.2 Å². The molecule has 200 valence electrons. The van der Waals surface area contributed by atoms with Crippen molar-refractivity contribution in [2.75, 3.05) is 11.1 Å². The zero-order valence-corrected chi connectivity index (χ0v) is 23.7. The van der Waals surface area contributed by atoms with Gasteiger partial charge in [0.15, 0.2) is 0 Å². The maximum Gasteiger partial charge on any atom is 0.408 e. The van der Waals surface area contributed by atoms with Crippen molar-refractivity contribution >= 4 is 47.8 Å². The van der Waals surface area contributed by atoms with Gasteiger partial charge < -0.3 is 20.3 Å². The molecule has 9 heteroatoms. The number of hydrogen-bond donors (Lipinski definition) is 3. The number of thiol groups is 1. The lowest BCUT2D eigenvalue weighted by Gasteiger charge is -2.43. The summed E-state index contributed by atoms with van der Waals surface area (Å²) in [5.41, 5.74) is 2.17. The van der Waals surface area contributed by atoms with E-state index < -0.39 is 23.8 Å². The highest BCUT2D eigenvalue weighted by atomic mass is 35.5. The molecule has 0 aliphatic heterocycles. The van der Waals surface area contributed by atoms with Gasteiger partial charge in [-0.3, -0.25) is 9.59 Å². The van der Waals surface area contributed by atoms with Crippen LogP contribution in [0.2, 0.25) is 5.02 Å². The van der Waals surface area contributed by atoms with Crippen molar-refractivity contribution in [2.24, 2.45) is 0 Å². The third-order valence-electron chi connectivity index (χ3n) is 6.37. The van der Waals surface area contributed by atoms with Crippen LogP contribution in [0.1, 0.15) is 62.8 Å². The summed E-state index contributed by atoms with van der Waals surface area (Å²) in [6, 6.07) is 10.8. The third kappa shape index (κ3) is 7.20. The highest BCUT2D eigenvalue weighted by Gasteiger charge is 2.42. The van der Waals surface area contributed by atoms with Crippen molar-refractivity contribution in [3.05, 3.63) is 64.2 Å². The molecule has 3 rings (SSSR count). The zero-order valence-electron chi connectivity index (χ0n) is 22.0. The van der Waals surface area contributed by atoms with Gasteiger partial charge in [-0.05, 0) is 76.6 Å². The third-order valence-corrected chi connectivity index (χ3v) is 7.05. The van der Waals surface area contributed by atoms with E-state index in [0.717, 1.165) is 30.4 Å². The van der Waals surface area contributed by atoms with Gasteiger partial charge in [0, 0.05) is 11.8 Å². The Morgan fingerprint density at radius 3 is 2.27 bits per heavy atom. The van der Waals surface area contributed by atoms with E-state index in [4.69, 9.17) is 16.3 Å². The van der Waals surface area contributed by atoms with Gasteiger partial charge in [-0.2, -0.15) is 12.6 Å². The number of nitrogens with one attached hydrogen (secondary N) is 2. The first kappa shape index (κ1) is 28.9. The minimum Gasteiger partial charge on any atom is -0.444 e. The topological polar surface area (TPSA) is 87.7 Å². The molecule has 2 unspecified atom stereocenters. The fourth-order valence-electron chi connectivity index (χ4n) is 4.29. The largest absolute Gasteiger partial charge is 0.444 e. The molecular weight excluding hydrogens is 510 g/mol. The second-order valence-electron chi connectivity index (χ2n) is 10.4. The number of carbonyl (C=O) groups excluding carboxylic acids is 3. The molecule has 0 spiro atoms. The van der Waals surface area contributed by atoms with Crippen molar-refractivity contribution < 1.29 is 19.1 Å². The molecule has 1 aliphatic rings. The molecule has 0 bridgehead atoms. The number of ether oxygens (including phenoxy) is 1. The van der Waals surface area contributed by atoms with E-state index in [2.05, 4.69) is 23.3 Å². The summed E-state index contributed by atoms with van der Waals surface area (Å²) in [6.45, 7) is 9.02. The fraction of sp³-hybridized carbons (Fsp3) is 0.464. The first-order chi connectivity index (χ1) is 17.4. The van der Waals surface area contributed by atoms with E-state index in [1.807, 2.05) is 50.2 Å². The Bertz CT molecular complexity index is 1130. The van der Waals surface area contributed by atoms with Gasteiger partial charge in [-0.15, -0.1) is 0 Å². The van der Waals surface area contributed by atoms with Crippen LogP contribution in [0.5, 0.6) is 0 Å². The lowest BCUT2D eigenvalue weighted by Crippen LogP contribution is -2.57. The summed E-state index contributed by atoms with van der Waals surface area (Å²) in [4.78, 5) is 42.2. The molecule has 1 saturated carbocycles. The summed E-state index contributed by atoms with van der Waals surface area (Å²) in [5, 5.41) is 6.04. The van der Waals surface area contributed by atoms with Crippen LogP contribution >= 0.6 is 24.2 Å². The number of hydrogen-bond acceptors (Lipinski definition) is 5. The Morgan fingerprint density at radius 1 is 1.08 bits per heavy atom. The van der Waals surface area contributed by atoms with Crippen LogP contribution in [0.4, 0.5) is 10.5 Å². The molecule has 2 aromatic carbocycles. The number of aryl methyl sites for hydroxylation is 2. The predicted octanol–water partition coefficient (Wildman–Crippen LogP) is 5.84. The number of halogens is 1. The predicted molar refractivity (Wildman–Crippen MR) is 150 cm³/mol. The number of alkyl carbamates (subject to hydrolysis) is 1. The minimum atomic E-state index is -0.972. The van der Waals surface area contributed by atoms with Gasteiger partial charge in [0.2, 0.25) is 5.91 Å². The summed E-state index contributed by atoms with van der Waals surface area (Å²) >= 11 is 10.8. The number of carbonyl (C=O) groups is 3. The highest BCUT2D eigenvalue weighted by molar-refractivity contribution is 7.80. The van der Waals surface area contributed by atoms with Crippen LogP contribution in [0.3, 0.4) is 0 Å². The number of benzene rings is 2. The van der Waals surface area contributed by atoms with Gasteiger partial charge in [0.05, 0.1) is 10.7 Å². The Balaban J connectivity index is 2.02. The molecule has 0 aromatic heterocycles. The molecule has 2 N–H and O–H groups in total. The van der Waals surface area contributed by atoms with Crippen molar-refractivity contribution in [1.82, 2.24) is 10.2 Å². The van der Waals surface area contributed by atoms with E-state index in [0.29, 0.717) is 16.3 Å². The lowest BCUT2D eigenvalue weighted by molar-refractivity contribution is -0.145. The number of amides is 3. The molecule has 2 atom stereocenters. The normalized spacial score (nSPS) is 15.2. The van der Waals surface area contributed by atoms with E-state index >= 15 is 0 Å². The van der Waals surface area contributed by atoms with Crippen molar-refractivity contribution in [2.45, 2.75) is 77.6 Å². The van der Waals surface area contributed by atoms with Crippen LogP contribution in [-0.2, 0) is 14.3 Å². The van der Waals surface area contributed by atoms with Gasteiger partial charge in [-0.25, -0.2) is 4.79 Å². The second-order valence-corrected chi connectivity index (χ2v) is 11.2. The molecule has 37 heavy (non-hydrogen) atoms. The van der Waals surface area contributed by atoms with Crippen LogP contribution in [0.25, 0.3) is 0 Å². The van der Waals surface area contributed by atoms with E-state index in [-0.39, 0.29) is 23.6 Å². The maximum absolute atomic E-state index is 14.0. The first-order valence-electron chi connectivity index (χ1n) is 12.5. The Kier molecular flexibility index (Phi) is 9.53. The van der Waals surface area contributed by atoms with Crippen LogP contribution < -0.4 is 10.6 Å². The zero-order chi connectivity index (χ0) is 27.3. The fourth-order valence-corrected chi connectivity index (χ4v) is 4.81. The molecule has 7 nitrogen and oxygen atoms in total. The summed E-state index contributed by atoms with van der Waals surface area (Å²) in [7, 11) is 0. The smallest absolute Gasteiger partial charge is 0.408 e. The Morgan fingerprint density at radius 2 is 1.73 bits per heavy atom. The first-order valence-corrected chi connectivity index (χ1v) is 13.5. The Hall–Kier alpha value is -2.71. The summed E-state index contributed by atoms with van der Waals surface area (Å²) < 4.78 is 5.37. The molecule has 1 aliphatic carbocycles. The van der Waals surface area contributed by atoms with Gasteiger partial charge in [0.1, 0.15) is 17.7 Å². The molecule has 0 radical (unpaired) electrons. The van der Waals surface area contributed by atoms with Crippen molar-refractivity contribution in [1.29, 1.82) is 0 Å². The number of rotatable bonds is 8. The van der Waals surface area contributed by atoms with Crippen molar-refractivity contribution in [3.63, 3.8) is 0 Å². The molecule has 0 heterocycles. The van der Waals surface area contributed by atoms with E-state index in [1.165, 1.54) is 0 Å². The highest BCUT2D eigenvalue weighted by Crippen LogP contribution is 2.36. The average Bonchev–Trinajstić information content (AvgIpc) is 2.78. The lowest BCUT2D eigenvalue weighted by atomic mass is 9.87. The quantitative estimate of drug-likeness (QED) is 0.364. The van der Waals surface area contributed by atoms with Gasteiger partial charge >= 0.3 is 6.09 Å². The maximum atomic E-state index is 14.0. The molecule has 0 saturated heterocycles. The minimum absolute atomic E-state index is 0.0486. The number of nitrogens with zero attached hydrogens (tertiary/aromatic N) is 1. The van der Waals surface area contributed by atoms with Gasteiger partial charge in [0.25, 0.3) is 5.91 Å². The standard InChI is InChI=1S/C28H36ClN3O4S/c1-17-10-6-7-14-20(17)24(25(33)31-23-18(2)11-8-15-21(23)29)32(19-12-9-13-19)26(34)22(16-37)30-27(35)36-28(3,4)5/h6-8,10-11,14-15,19,22,24,37H,9,12-13,16H2,1-5H3,(H,30,35)(H,31,33). The second kappa shape index (κ2) is 12.2. The SMILES string of the molecule is Cc1ccccc1C(C(=O)Nc1c(C)cccc1Cl)N(C(=O)C(CS)NC(=O)OC(C)(C)C)C1CCC1. The molecular formula is C28H36ClN3O4S.